The molecule has 1 aromatic carbocycles. The number of fused-ring (bicyclic) bond motifs is 1. The van der Waals surface area contributed by atoms with Gasteiger partial charge in [-0.05, 0) is 12.5 Å². The lowest BCUT2D eigenvalue weighted by Gasteiger charge is -2.06. The molecule has 0 amide bonds. The second-order valence-electron chi connectivity index (χ2n) is 3.61. The maximum atomic E-state index is 10.7. The van der Waals surface area contributed by atoms with Crippen LogP contribution in [0.1, 0.15) is 13.3 Å². The van der Waals surface area contributed by atoms with Crippen molar-refractivity contribution < 1.29 is 4.92 Å². The molecule has 0 atom stereocenters. The number of hydrogen-bond donors (Lipinski definition) is 1. The molecule has 0 unspecified atom stereocenters. The molecule has 1 N–H and O–H groups in total. The van der Waals surface area contributed by atoms with E-state index in [4.69, 9.17) is 0 Å². The number of nitrogens with zero attached hydrogens (tertiary/aromatic N) is 3. The van der Waals surface area contributed by atoms with Crippen LogP contribution in [0.15, 0.2) is 24.5 Å². The van der Waals surface area contributed by atoms with E-state index in [1.54, 1.807) is 6.07 Å². The maximum Gasteiger partial charge on any atom is 0.270 e. The Labute approximate surface area is 97.9 Å². The molecule has 88 valence electrons. The van der Waals surface area contributed by atoms with E-state index in [2.05, 4.69) is 15.3 Å². The SMILES string of the molecule is CCCNc1ncnc2ccc([N+](=O)[O-])cc12. The number of hydrogen-bond acceptors (Lipinski definition) is 5. The van der Waals surface area contributed by atoms with E-state index in [0.717, 1.165) is 13.0 Å². The van der Waals surface area contributed by atoms with Crippen LogP contribution in [0.5, 0.6) is 0 Å². The molecule has 1 aromatic heterocycles. The number of nitro benzene ring substituents is 1. The van der Waals surface area contributed by atoms with Crippen LogP contribution in [0.2, 0.25) is 0 Å². The zero-order valence-electron chi connectivity index (χ0n) is 9.38. The average molecular weight is 232 g/mol. The van der Waals surface area contributed by atoms with E-state index in [0.29, 0.717) is 16.7 Å². The minimum absolute atomic E-state index is 0.0480. The first kappa shape index (κ1) is 11.3. The Morgan fingerprint density at radius 2 is 2.24 bits per heavy atom. The van der Waals surface area contributed by atoms with Gasteiger partial charge in [0.25, 0.3) is 5.69 Å². The van der Waals surface area contributed by atoms with Crippen LogP contribution in [0.3, 0.4) is 0 Å². The van der Waals surface area contributed by atoms with Crippen molar-refractivity contribution >= 4 is 22.4 Å². The summed E-state index contributed by atoms with van der Waals surface area (Å²) in [7, 11) is 0. The molecule has 0 saturated heterocycles. The van der Waals surface area contributed by atoms with Gasteiger partial charge in [-0.3, -0.25) is 10.1 Å². The van der Waals surface area contributed by atoms with Crippen LogP contribution in [0, 0.1) is 10.1 Å². The van der Waals surface area contributed by atoms with Crippen molar-refractivity contribution in [3.63, 3.8) is 0 Å². The number of nitrogens with one attached hydrogen (secondary N) is 1. The maximum absolute atomic E-state index is 10.7. The van der Waals surface area contributed by atoms with Gasteiger partial charge in [0.05, 0.1) is 10.4 Å². The van der Waals surface area contributed by atoms with E-state index in [9.17, 15) is 10.1 Å². The van der Waals surface area contributed by atoms with Crippen LogP contribution in [0.25, 0.3) is 10.9 Å². The van der Waals surface area contributed by atoms with Crippen molar-refractivity contribution in [3.8, 4) is 0 Å². The second-order valence-corrected chi connectivity index (χ2v) is 3.61. The molecule has 0 saturated carbocycles. The summed E-state index contributed by atoms with van der Waals surface area (Å²) in [6.45, 7) is 2.81. The first-order valence-electron chi connectivity index (χ1n) is 5.35. The second kappa shape index (κ2) is 4.73. The highest BCUT2D eigenvalue weighted by molar-refractivity contribution is 5.90. The molecule has 17 heavy (non-hydrogen) atoms. The highest BCUT2D eigenvalue weighted by atomic mass is 16.6. The summed E-state index contributed by atoms with van der Waals surface area (Å²) in [5.74, 6) is 0.639. The Morgan fingerprint density at radius 3 is 2.94 bits per heavy atom. The number of anilines is 1. The molecule has 0 aliphatic carbocycles. The molecular weight excluding hydrogens is 220 g/mol. The molecule has 0 fully saturated rings. The lowest BCUT2D eigenvalue weighted by Crippen LogP contribution is -2.03. The zero-order valence-corrected chi connectivity index (χ0v) is 9.38. The van der Waals surface area contributed by atoms with E-state index >= 15 is 0 Å². The third kappa shape index (κ3) is 2.30. The molecule has 0 aliphatic heterocycles. The molecule has 2 rings (SSSR count). The van der Waals surface area contributed by atoms with Crippen molar-refractivity contribution in [2.75, 3.05) is 11.9 Å². The Morgan fingerprint density at radius 1 is 1.41 bits per heavy atom. The predicted octanol–water partition coefficient (Wildman–Crippen LogP) is 2.36. The minimum Gasteiger partial charge on any atom is -0.369 e. The molecule has 1 heterocycles. The van der Waals surface area contributed by atoms with Gasteiger partial charge in [0, 0.05) is 24.1 Å². The number of non-ortho nitro benzene ring substituents is 1. The Bertz CT molecular complexity index is 556. The topological polar surface area (TPSA) is 81.0 Å². The molecular formula is C11H12N4O2. The van der Waals surface area contributed by atoms with Crippen molar-refractivity contribution in [2.45, 2.75) is 13.3 Å². The molecule has 0 bridgehead atoms. The molecule has 0 spiro atoms. The van der Waals surface area contributed by atoms with E-state index in [1.807, 2.05) is 6.92 Å². The summed E-state index contributed by atoms with van der Waals surface area (Å²) in [6, 6.07) is 4.57. The molecule has 0 aliphatic rings. The van der Waals surface area contributed by atoms with E-state index in [1.165, 1.54) is 18.5 Å². The quantitative estimate of drug-likeness (QED) is 0.646. The molecule has 6 nitrogen and oxygen atoms in total. The van der Waals surface area contributed by atoms with Gasteiger partial charge in [-0.25, -0.2) is 9.97 Å². The zero-order chi connectivity index (χ0) is 12.3. The molecule has 6 heteroatoms. The van der Waals surface area contributed by atoms with Crippen LogP contribution in [-0.2, 0) is 0 Å². The summed E-state index contributed by atoms with van der Waals surface area (Å²) < 4.78 is 0. The first-order chi connectivity index (χ1) is 8.22. The Balaban J connectivity index is 2.51. The van der Waals surface area contributed by atoms with E-state index < -0.39 is 4.92 Å². The van der Waals surface area contributed by atoms with Crippen LogP contribution in [-0.4, -0.2) is 21.4 Å². The smallest absolute Gasteiger partial charge is 0.270 e. The third-order valence-electron chi connectivity index (χ3n) is 2.37. The van der Waals surface area contributed by atoms with Gasteiger partial charge in [0.15, 0.2) is 0 Å². The van der Waals surface area contributed by atoms with Crippen molar-refractivity contribution in [1.82, 2.24) is 9.97 Å². The van der Waals surface area contributed by atoms with Gasteiger partial charge < -0.3 is 5.32 Å². The normalized spacial score (nSPS) is 10.4. The summed E-state index contributed by atoms with van der Waals surface area (Å²) in [5.41, 5.74) is 0.746. The minimum atomic E-state index is -0.421. The molecule has 2 aromatic rings. The standard InChI is InChI=1S/C11H12N4O2/c1-2-5-12-11-9-6-8(15(16)17)3-4-10(9)13-7-14-11/h3-4,6-7H,2,5H2,1H3,(H,12,13,14). The first-order valence-corrected chi connectivity index (χ1v) is 5.35. The monoisotopic (exact) mass is 232 g/mol. The largest absolute Gasteiger partial charge is 0.369 e. The fourth-order valence-corrected chi connectivity index (χ4v) is 1.54. The number of rotatable bonds is 4. The number of aromatic nitrogens is 2. The van der Waals surface area contributed by atoms with Gasteiger partial charge in [0.2, 0.25) is 0 Å². The lowest BCUT2D eigenvalue weighted by molar-refractivity contribution is -0.384. The third-order valence-corrected chi connectivity index (χ3v) is 2.37. The van der Waals surface area contributed by atoms with Gasteiger partial charge in [0.1, 0.15) is 12.1 Å². The van der Waals surface area contributed by atoms with Crippen molar-refractivity contribution in [1.29, 1.82) is 0 Å². The Kier molecular flexibility index (Phi) is 3.13. The van der Waals surface area contributed by atoms with Crippen molar-refractivity contribution in [3.05, 3.63) is 34.6 Å². The summed E-state index contributed by atoms with van der Waals surface area (Å²) >= 11 is 0. The number of nitro groups is 1. The highest BCUT2D eigenvalue weighted by Crippen LogP contribution is 2.23. The van der Waals surface area contributed by atoms with Crippen LogP contribution >= 0.6 is 0 Å². The summed E-state index contributed by atoms with van der Waals surface area (Å²) in [5, 5.41) is 14.5. The molecule has 0 radical (unpaired) electrons. The highest BCUT2D eigenvalue weighted by Gasteiger charge is 2.09. The van der Waals surface area contributed by atoms with E-state index in [-0.39, 0.29) is 5.69 Å². The van der Waals surface area contributed by atoms with Crippen molar-refractivity contribution in [2.24, 2.45) is 0 Å². The van der Waals surface area contributed by atoms with Gasteiger partial charge >= 0.3 is 0 Å². The van der Waals surface area contributed by atoms with Gasteiger partial charge in [-0.15, -0.1) is 0 Å². The Hall–Kier alpha value is -2.24. The lowest BCUT2D eigenvalue weighted by atomic mass is 10.2. The predicted molar refractivity (Wildman–Crippen MR) is 65.0 cm³/mol. The average Bonchev–Trinajstić information content (AvgIpc) is 2.35. The fourth-order valence-electron chi connectivity index (χ4n) is 1.54. The van der Waals surface area contributed by atoms with Crippen LogP contribution < -0.4 is 5.32 Å². The number of benzene rings is 1. The summed E-state index contributed by atoms with van der Waals surface area (Å²) in [6.07, 6.45) is 2.41. The fraction of sp³-hybridized carbons (Fsp3) is 0.273. The van der Waals surface area contributed by atoms with Gasteiger partial charge in [-0.2, -0.15) is 0 Å². The van der Waals surface area contributed by atoms with Gasteiger partial charge in [-0.1, -0.05) is 6.92 Å². The summed E-state index contributed by atoms with van der Waals surface area (Å²) in [4.78, 5) is 18.5. The van der Waals surface area contributed by atoms with Crippen LogP contribution in [0.4, 0.5) is 11.5 Å².